The molecule has 3 N–H and O–H groups in total. The Bertz CT molecular complexity index is 465. The fourth-order valence-electron chi connectivity index (χ4n) is 2.47. The number of benzene rings is 1. The van der Waals surface area contributed by atoms with Crippen LogP contribution < -0.4 is 11.1 Å². The molecule has 1 aliphatic rings. The molecule has 1 atom stereocenters. The molecule has 6 heteroatoms. The number of aryl methyl sites for hydroxylation is 1. The van der Waals surface area contributed by atoms with E-state index in [-0.39, 0.29) is 18.3 Å². The number of rotatable bonds is 9. The standard InChI is InChI=1S/C17H26N2O3.ClH/c18-16-5-2-1-4-15(16)6-7-17(20)19-9-3-10-21-12-14-8-11-22-13-14;/h1-2,4-5,14H,3,6-13,18H2,(H,19,20);1H. The van der Waals surface area contributed by atoms with Crippen molar-refractivity contribution in [3.8, 4) is 0 Å². The van der Waals surface area contributed by atoms with Gasteiger partial charge in [-0.05, 0) is 30.9 Å². The molecule has 0 aromatic heterocycles. The van der Waals surface area contributed by atoms with E-state index in [4.69, 9.17) is 15.2 Å². The zero-order valence-corrected chi connectivity index (χ0v) is 14.3. The van der Waals surface area contributed by atoms with Crippen LogP contribution in [0.5, 0.6) is 0 Å². The summed E-state index contributed by atoms with van der Waals surface area (Å²) < 4.78 is 10.9. The minimum absolute atomic E-state index is 0. The van der Waals surface area contributed by atoms with Crippen molar-refractivity contribution in [3.05, 3.63) is 29.8 Å². The van der Waals surface area contributed by atoms with Crippen LogP contribution in [-0.4, -0.2) is 38.9 Å². The molecule has 0 radical (unpaired) electrons. The Morgan fingerprint density at radius 2 is 2.22 bits per heavy atom. The molecule has 130 valence electrons. The van der Waals surface area contributed by atoms with Crippen molar-refractivity contribution in [2.45, 2.75) is 25.7 Å². The Morgan fingerprint density at radius 1 is 1.39 bits per heavy atom. The van der Waals surface area contributed by atoms with Gasteiger partial charge in [-0.2, -0.15) is 0 Å². The van der Waals surface area contributed by atoms with E-state index in [1.54, 1.807) is 0 Å². The van der Waals surface area contributed by atoms with Crippen LogP contribution in [0, 0.1) is 5.92 Å². The zero-order valence-electron chi connectivity index (χ0n) is 13.5. The lowest BCUT2D eigenvalue weighted by molar-refractivity contribution is -0.121. The second-order valence-electron chi connectivity index (χ2n) is 5.71. The Labute approximate surface area is 144 Å². The van der Waals surface area contributed by atoms with Gasteiger partial charge in [-0.1, -0.05) is 18.2 Å². The van der Waals surface area contributed by atoms with Gasteiger partial charge < -0.3 is 20.5 Å². The number of nitrogen functional groups attached to an aromatic ring is 1. The fraction of sp³-hybridized carbons (Fsp3) is 0.588. The van der Waals surface area contributed by atoms with E-state index in [2.05, 4.69) is 5.32 Å². The topological polar surface area (TPSA) is 73.6 Å². The molecule has 1 aliphatic heterocycles. The number of anilines is 1. The Balaban J connectivity index is 0.00000264. The SMILES string of the molecule is Cl.Nc1ccccc1CCC(=O)NCCCOCC1CCOC1. The van der Waals surface area contributed by atoms with Gasteiger partial charge in [0.25, 0.3) is 0 Å². The highest BCUT2D eigenvalue weighted by molar-refractivity contribution is 5.85. The van der Waals surface area contributed by atoms with Gasteiger partial charge in [-0.3, -0.25) is 4.79 Å². The van der Waals surface area contributed by atoms with Gasteiger partial charge in [0.1, 0.15) is 0 Å². The third kappa shape index (κ3) is 7.68. The highest BCUT2D eigenvalue weighted by Gasteiger charge is 2.15. The third-order valence-electron chi connectivity index (χ3n) is 3.84. The zero-order chi connectivity index (χ0) is 15.6. The third-order valence-corrected chi connectivity index (χ3v) is 3.84. The monoisotopic (exact) mass is 342 g/mol. The van der Waals surface area contributed by atoms with E-state index in [9.17, 15) is 4.79 Å². The number of halogens is 1. The van der Waals surface area contributed by atoms with Crippen LogP contribution >= 0.6 is 12.4 Å². The normalized spacial score (nSPS) is 16.8. The molecule has 0 aliphatic carbocycles. The Morgan fingerprint density at radius 3 is 2.96 bits per heavy atom. The average Bonchev–Trinajstić information content (AvgIpc) is 3.03. The lowest BCUT2D eigenvalue weighted by atomic mass is 10.1. The second-order valence-corrected chi connectivity index (χ2v) is 5.71. The van der Waals surface area contributed by atoms with Crippen molar-refractivity contribution >= 4 is 24.0 Å². The van der Waals surface area contributed by atoms with E-state index in [1.807, 2.05) is 24.3 Å². The molecule has 0 spiro atoms. The maximum absolute atomic E-state index is 11.8. The molecule has 5 nitrogen and oxygen atoms in total. The van der Waals surface area contributed by atoms with Crippen molar-refractivity contribution in [1.82, 2.24) is 5.32 Å². The number of carbonyl (C=O) groups excluding carboxylic acids is 1. The molecule has 0 saturated carbocycles. The van der Waals surface area contributed by atoms with Gasteiger partial charge in [0.2, 0.25) is 5.91 Å². The first-order valence-electron chi connectivity index (χ1n) is 8.01. The molecule has 23 heavy (non-hydrogen) atoms. The van der Waals surface area contributed by atoms with Gasteiger partial charge in [-0.25, -0.2) is 0 Å². The van der Waals surface area contributed by atoms with Crippen LogP contribution in [0.15, 0.2) is 24.3 Å². The summed E-state index contributed by atoms with van der Waals surface area (Å²) in [6.45, 7) is 3.78. The van der Waals surface area contributed by atoms with Gasteiger partial charge >= 0.3 is 0 Å². The summed E-state index contributed by atoms with van der Waals surface area (Å²) >= 11 is 0. The van der Waals surface area contributed by atoms with E-state index in [0.717, 1.165) is 43.9 Å². The molecule has 1 unspecified atom stereocenters. The molecule has 1 saturated heterocycles. The fourth-order valence-corrected chi connectivity index (χ4v) is 2.47. The quantitative estimate of drug-likeness (QED) is 0.533. The van der Waals surface area contributed by atoms with Crippen molar-refractivity contribution in [2.24, 2.45) is 5.92 Å². The minimum Gasteiger partial charge on any atom is -0.399 e. The van der Waals surface area contributed by atoms with E-state index < -0.39 is 0 Å². The molecule has 1 amide bonds. The number of nitrogens with two attached hydrogens (primary N) is 1. The second kappa shape index (κ2) is 11.3. The van der Waals surface area contributed by atoms with Crippen molar-refractivity contribution in [1.29, 1.82) is 0 Å². The van der Waals surface area contributed by atoms with Crippen LogP contribution in [-0.2, 0) is 20.7 Å². The summed E-state index contributed by atoms with van der Waals surface area (Å²) in [7, 11) is 0. The molecule has 0 bridgehead atoms. The first kappa shape index (κ1) is 19.7. The Hall–Kier alpha value is -1.30. The number of hydrogen-bond donors (Lipinski definition) is 2. The van der Waals surface area contributed by atoms with Gasteiger partial charge in [0.05, 0.1) is 13.2 Å². The molecular formula is C17H27ClN2O3. The minimum atomic E-state index is 0. The highest BCUT2D eigenvalue weighted by Crippen LogP contribution is 2.13. The van der Waals surface area contributed by atoms with Gasteiger partial charge in [0.15, 0.2) is 0 Å². The van der Waals surface area contributed by atoms with Crippen molar-refractivity contribution < 1.29 is 14.3 Å². The summed E-state index contributed by atoms with van der Waals surface area (Å²) in [5.41, 5.74) is 7.63. The van der Waals surface area contributed by atoms with E-state index in [1.165, 1.54) is 0 Å². The summed E-state index contributed by atoms with van der Waals surface area (Å²) in [5, 5.41) is 2.92. The number of ether oxygens (including phenoxy) is 2. The number of hydrogen-bond acceptors (Lipinski definition) is 4. The molecule has 1 heterocycles. The lowest BCUT2D eigenvalue weighted by Crippen LogP contribution is -2.25. The molecule has 2 rings (SSSR count). The predicted octanol–water partition coefficient (Wildman–Crippen LogP) is 2.18. The summed E-state index contributed by atoms with van der Waals surface area (Å²) in [4.78, 5) is 11.8. The number of para-hydroxylation sites is 1. The van der Waals surface area contributed by atoms with Crippen LogP contribution in [0.3, 0.4) is 0 Å². The van der Waals surface area contributed by atoms with E-state index >= 15 is 0 Å². The molecule has 1 fully saturated rings. The summed E-state index contributed by atoms with van der Waals surface area (Å²) in [6, 6.07) is 7.66. The van der Waals surface area contributed by atoms with Gasteiger partial charge in [-0.15, -0.1) is 12.4 Å². The average molecular weight is 343 g/mol. The van der Waals surface area contributed by atoms with Crippen LogP contribution in [0.1, 0.15) is 24.8 Å². The number of nitrogens with one attached hydrogen (secondary N) is 1. The highest BCUT2D eigenvalue weighted by atomic mass is 35.5. The number of amides is 1. The maximum Gasteiger partial charge on any atom is 0.220 e. The van der Waals surface area contributed by atoms with E-state index in [0.29, 0.717) is 31.9 Å². The largest absolute Gasteiger partial charge is 0.399 e. The first-order valence-corrected chi connectivity index (χ1v) is 8.01. The van der Waals surface area contributed by atoms with Crippen LogP contribution in [0.2, 0.25) is 0 Å². The molecular weight excluding hydrogens is 316 g/mol. The Kier molecular flexibility index (Phi) is 9.67. The summed E-state index contributed by atoms with van der Waals surface area (Å²) in [6.07, 6.45) is 3.08. The summed E-state index contributed by atoms with van der Waals surface area (Å²) in [5.74, 6) is 0.610. The first-order chi connectivity index (χ1) is 10.8. The number of carbonyl (C=O) groups is 1. The van der Waals surface area contributed by atoms with Gasteiger partial charge in [0, 0.05) is 37.8 Å². The van der Waals surface area contributed by atoms with Crippen LogP contribution in [0.4, 0.5) is 5.69 Å². The lowest BCUT2D eigenvalue weighted by Gasteiger charge is -2.09. The molecule has 1 aromatic rings. The van der Waals surface area contributed by atoms with Crippen LogP contribution in [0.25, 0.3) is 0 Å². The van der Waals surface area contributed by atoms with Crippen molar-refractivity contribution in [3.63, 3.8) is 0 Å². The molecule has 1 aromatic carbocycles. The smallest absolute Gasteiger partial charge is 0.220 e. The maximum atomic E-state index is 11.8. The predicted molar refractivity (Wildman–Crippen MR) is 93.8 cm³/mol. The van der Waals surface area contributed by atoms with Crippen molar-refractivity contribution in [2.75, 3.05) is 38.7 Å².